The maximum atomic E-state index is 12.6. The second-order valence-electron chi connectivity index (χ2n) is 5.49. The molecule has 0 saturated heterocycles. The molecule has 0 bridgehead atoms. The van der Waals surface area contributed by atoms with Crippen molar-refractivity contribution in [1.29, 1.82) is 0 Å². The first-order valence-electron chi connectivity index (χ1n) is 7.66. The van der Waals surface area contributed by atoms with Crippen LogP contribution in [0.3, 0.4) is 0 Å². The molecule has 0 aliphatic heterocycles. The Balaban J connectivity index is 2.02. The first-order chi connectivity index (χ1) is 12.5. The zero-order chi connectivity index (χ0) is 18.8. The molecule has 0 saturated carbocycles. The number of carbonyl (C=O) groups is 1. The Labute approximate surface area is 148 Å². The van der Waals surface area contributed by atoms with Gasteiger partial charge in [-0.1, -0.05) is 18.2 Å². The van der Waals surface area contributed by atoms with Crippen LogP contribution in [-0.2, 0) is 0 Å². The number of nitrogens with one attached hydrogen (secondary N) is 1. The molecule has 0 aliphatic rings. The summed E-state index contributed by atoms with van der Waals surface area (Å²) in [6, 6.07) is 9.76. The van der Waals surface area contributed by atoms with Crippen LogP contribution in [0, 0.1) is 17.0 Å². The second kappa shape index (κ2) is 6.75. The van der Waals surface area contributed by atoms with Crippen LogP contribution < -0.4 is 14.8 Å². The molecule has 0 fully saturated rings. The SMILES string of the molecule is COc1cc(NC(=O)c2oc3ccccc3c2C)c([N+](=O)[O-])cc1OC. The van der Waals surface area contributed by atoms with Gasteiger partial charge in [0.2, 0.25) is 0 Å². The highest BCUT2D eigenvalue weighted by molar-refractivity contribution is 6.07. The molecule has 0 spiro atoms. The molecule has 0 aliphatic carbocycles. The van der Waals surface area contributed by atoms with Gasteiger partial charge in [0.15, 0.2) is 17.3 Å². The average molecular weight is 356 g/mol. The summed E-state index contributed by atoms with van der Waals surface area (Å²) in [5.41, 5.74) is 0.889. The summed E-state index contributed by atoms with van der Waals surface area (Å²) in [5, 5.41) is 14.7. The Kier molecular flexibility index (Phi) is 4.49. The van der Waals surface area contributed by atoms with Crippen molar-refractivity contribution < 1.29 is 23.6 Å². The summed E-state index contributed by atoms with van der Waals surface area (Å²) in [6.45, 7) is 1.75. The minimum absolute atomic E-state index is 0.0162. The quantitative estimate of drug-likeness (QED) is 0.549. The van der Waals surface area contributed by atoms with E-state index in [1.165, 1.54) is 26.4 Å². The van der Waals surface area contributed by atoms with Crippen LogP contribution >= 0.6 is 0 Å². The minimum atomic E-state index is -0.608. The number of carbonyl (C=O) groups excluding carboxylic acids is 1. The van der Waals surface area contributed by atoms with Crippen molar-refractivity contribution in [1.82, 2.24) is 0 Å². The van der Waals surface area contributed by atoms with E-state index in [0.717, 1.165) is 5.39 Å². The number of ether oxygens (including phenoxy) is 2. The molecule has 0 atom stereocenters. The number of benzene rings is 2. The van der Waals surface area contributed by atoms with Crippen molar-refractivity contribution in [2.75, 3.05) is 19.5 Å². The lowest BCUT2D eigenvalue weighted by molar-refractivity contribution is -0.384. The maximum Gasteiger partial charge on any atom is 0.296 e. The van der Waals surface area contributed by atoms with Crippen LogP contribution in [0.5, 0.6) is 11.5 Å². The number of hydrogen-bond acceptors (Lipinski definition) is 6. The van der Waals surface area contributed by atoms with Gasteiger partial charge in [0.05, 0.1) is 25.2 Å². The summed E-state index contributed by atoms with van der Waals surface area (Å²) >= 11 is 0. The van der Waals surface area contributed by atoms with Gasteiger partial charge in [0, 0.05) is 17.0 Å². The summed E-state index contributed by atoms with van der Waals surface area (Å²) in [5.74, 6) is -0.0452. The highest BCUT2D eigenvalue weighted by Crippen LogP contribution is 2.38. The molecule has 2 aromatic carbocycles. The van der Waals surface area contributed by atoms with E-state index in [9.17, 15) is 14.9 Å². The van der Waals surface area contributed by atoms with E-state index >= 15 is 0 Å². The summed E-state index contributed by atoms with van der Waals surface area (Å²) in [4.78, 5) is 23.4. The fourth-order valence-electron chi connectivity index (χ4n) is 2.69. The van der Waals surface area contributed by atoms with Crippen LogP contribution in [0.15, 0.2) is 40.8 Å². The van der Waals surface area contributed by atoms with Crippen LogP contribution in [0.2, 0.25) is 0 Å². The molecule has 1 N–H and O–H groups in total. The standard InChI is InChI=1S/C18H16N2O6/c1-10-11-6-4-5-7-14(11)26-17(10)18(21)19-12-8-15(24-2)16(25-3)9-13(12)20(22)23/h4-9H,1-3H3,(H,19,21). The van der Waals surface area contributed by atoms with Crippen molar-refractivity contribution in [3.8, 4) is 11.5 Å². The van der Waals surface area contributed by atoms with Crippen molar-refractivity contribution in [2.24, 2.45) is 0 Å². The van der Waals surface area contributed by atoms with Crippen molar-refractivity contribution in [2.45, 2.75) is 6.92 Å². The monoisotopic (exact) mass is 356 g/mol. The highest BCUT2D eigenvalue weighted by atomic mass is 16.6. The molecule has 26 heavy (non-hydrogen) atoms. The van der Waals surface area contributed by atoms with Gasteiger partial charge in [0.1, 0.15) is 11.3 Å². The normalized spacial score (nSPS) is 10.6. The van der Waals surface area contributed by atoms with Gasteiger partial charge >= 0.3 is 0 Å². The van der Waals surface area contributed by atoms with Gasteiger partial charge in [-0.05, 0) is 13.0 Å². The number of hydrogen-bond donors (Lipinski definition) is 1. The number of amides is 1. The molecule has 1 heterocycles. The molecule has 3 rings (SSSR count). The first-order valence-corrected chi connectivity index (χ1v) is 7.66. The number of nitro benzene ring substituents is 1. The number of para-hydroxylation sites is 1. The molecular weight excluding hydrogens is 340 g/mol. The smallest absolute Gasteiger partial charge is 0.296 e. The molecular formula is C18H16N2O6. The van der Waals surface area contributed by atoms with Crippen LogP contribution in [0.25, 0.3) is 11.0 Å². The topological polar surface area (TPSA) is 104 Å². The lowest BCUT2D eigenvalue weighted by Gasteiger charge is -2.11. The van der Waals surface area contributed by atoms with Crippen LogP contribution in [0.4, 0.5) is 11.4 Å². The second-order valence-corrected chi connectivity index (χ2v) is 5.49. The van der Waals surface area contributed by atoms with Gasteiger partial charge in [-0.2, -0.15) is 0 Å². The highest BCUT2D eigenvalue weighted by Gasteiger charge is 2.24. The van der Waals surface area contributed by atoms with E-state index < -0.39 is 10.8 Å². The molecule has 3 aromatic rings. The van der Waals surface area contributed by atoms with Crippen LogP contribution in [0.1, 0.15) is 16.1 Å². The molecule has 1 amide bonds. The predicted octanol–water partition coefficient (Wildman–Crippen LogP) is 3.92. The minimum Gasteiger partial charge on any atom is -0.493 e. The van der Waals surface area contributed by atoms with E-state index in [-0.39, 0.29) is 28.6 Å². The Bertz CT molecular complexity index is 1010. The number of nitrogens with zero attached hydrogens (tertiary/aromatic N) is 1. The number of furan rings is 1. The zero-order valence-electron chi connectivity index (χ0n) is 14.4. The molecule has 8 heteroatoms. The van der Waals surface area contributed by atoms with Crippen molar-refractivity contribution >= 4 is 28.3 Å². The fraction of sp³-hybridized carbons (Fsp3) is 0.167. The van der Waals surface area contributed by atoms with Gasteiger partial charge in [0.25, 0.3) is 11.6 Å². The molecule has 0 radical (unpaired) electrons. The van der Waals surface area contributed by atoms with Gasteiger partial charge < -0.3 is 19.2 Å². The van der Waals surface area contributed by atoms with E-state index in [4.69, 9.17) is 13.9 Å². The van der Waals surface area contributed by atoms with E-state index in [0.29, 0.717) is 11.1 Å². The summed E-state index contributed by atoms with van der Waals surface area (Å²) in [7, 11) is 2.77. The third-order valence-corrected chi connectivity index (χ3v) is 4.00. The first kappa shape index (κ1) is 17.3. The predicted molar refractivity (Wildman–Crippen MR) is 95.1 cm³/mol. The van der Waals surface area contributed by atoms with Gasteiger partial charge in [-0.15, -0.1) is 0 Å². The molecule has 0 unspecified atom stereocenters. The van der Waals surface area contributed by atoms with E-state index in [2.05, 4.69) is 5.32 Å². The lowest BCUT2D eigenvalue weighted by atomic mass is 10.1. The third-order valence-electron chi connectivity index (χ3n) is 4.00. The molecule has 134 valence electrons. The third kappa shape index (κ3) is 2.92. The molecule has 1 aromatic heterocycles. The number of nitro groups is 1. The van der Waals surface area contributed by atoms with Crippen LogP contribution in [-0.4, -0.2) is 25.1 Å². The fourth-order valence-corrected chi connectivity index (χ4v) is 2.69. The zero-order valence-corrected chi connectivity index (χ0v) is 14.4. The largest absolute Gasteiger partial charge is 0.493 e. The summed E-state index contributed by atoms with van der Waals surface area (Å²) in [6.07, 6.45) is 0. The summed E-state index contributed by atoms with van der Waals surface area (Å²) < 4.78 is 15.8. The number of rotatable bonds is 5. The Hall–Kier alpha value is -3.55. The maximum absolute atomic E-state index is 12.6. The van der Waals surface area contributed by atoms with E-state index in [1.54, 1.807) is 19.1 Å². The Morgan fingerprint density at radius 2 is 1.81 bits per heavy atom. The number of methoxy groups -OCH3 is 2. The van der Waals surface area contributed by atoms with Gasteiger partial charge in [-0.3, -0.25) is 14.9 Å². The number of anilines is 1. The average Bonchev–Trinajstić information content (AvgIpc) is 2.98. The lowest BCUT2D eigenvalue weighted by Crippen LogP contribution is -2.13. The Morgan fingerprint density at radius 3 is 2.42 bits per heavy atom. The van der Waals surface area contributed by atoms with E-state index in [1.807, 2.05) is 12.1 Å². The molecule has 8 nitrogen and oxygen atoms in total. The van der Waals surface area contributed by atoms with Crippen molar-refractivity contribution in [3.63, 3.8) is 0 Å². The Morgan fingerprint density at radius 1 is 1.15 bits per heavy atom. The van der Waals surface area contributed by atoms with Crippen molar-refractivity contribution in [3.05, 3.63) is 57.8 Å². The number of aryl methyl sites for hydroxylation is 1. The van der Waals surface area contributed by atoms with Gasteiger partial charge in [-0.25, -0.2) is 0 Å². The number of fused-ring (bicyclic) bond motifs is 1.